The molecule has 1 aromatic rings. The van der Waals surface area contributed by atoms with E-state index in [1.807, 2.05) is 6.33 Å². The van der Waals surface area contributed by atoms with Gasteiger partial charge in [0.2, 0.25) is 0 Å². The van der Waals surface area contributed by atoms with Gasteiger partial charge in [-0.25, -0.2) is 0 Å². The number of rotatable bonds is 3. The van der Waals surface area contributed by atoms with E-state index in [0.717, 1.165) is 6.04 Å². The number of likely N-dealkylation sites (tertiary alicyclic amines) is 1. The van der Waals surface area contributed by atoms with Crippen LogP contribution in [0.5, 0.6) is 0 Å². The maximum absolute atomic E-state index is 4.37. The molecule has 5 heteroatoms. The van der Waals surface area contributed by atoms with Crippen LogP contribution in [0.1, 0.15) is 50.9 Å². The molecule has 0 amide bonds. The fourth-order valence-electron chi connectivity index (χ4n) is 3.42. The van der Waals surface area contributed by atoms with Gasteiger partial charge in [0.25, 0.3) is 0 Å². The first-order chi connectivity index (χ1) is 9.25. The Bertz CT molecular complexity index is 400. The molecule has 19 heavy (non-hydrogen) atoms. The van der Waals surface area contributed by atoms with Crippen molar-refractivity contribution < 1.29 is 0 Å². The average molecular weight is 263 g/mol. The predicted molar refractivity (Wildman–Crippen MR) is 75.2 cm³/mol. The molecule has 5 nitrogen and oxygen atoms in total. The molecule has 1 N–H and O–H groups in total. The molecule has 0 radical (unpaired) electrons. The highest BCUT2D eigenvalue weighted by molar-refractivity contribution is 5.01. The van der Waals surface area contributed by atoms with Gasteiger partial charge < -0.3 is 9.88 Å². The van der Waals surface area contributed by atoms with Gasteiger partial charge in [0.15, 0.2) is 0 Å². The maximum atomic E-state index is 4.37. The topological polar surface area (TPSA) is 46.0 Å². The van der Waals surface area contributed by atoms with Crippen LogP contribution < -0.4 is 5.32 Å². The quantitative estimate of drug-likeness (QED) is 0.895. The molecule has 2 fully saturated rings. The lowest BCUT2D eigenvalue weighted by atomic mass is 9.94. The van der Waals surface area contributed by atoms with Crippen LogP contribution in [0.3, 0.4) is 0 Å². The van der Waals surface area contributed by atoms with Crippen molar-refractivity contribution in [3.8, 4) is 0 Å². The molecule has 2 saturated heterocycles. The lowest BCUT2D eigenvalue weighted by molar-refractivity contribution is 0.158. The third-order valence-corrected chi connectivity index (χ3v) is 4.60. The van der Waals surface area contributed by atoms with Gasteiger partial charge in [0.05, 0.1) is 0 Å². The number of nitrogens with zero attached hydrogens (tertiary/aromatic N) is 4. The Labute approximate surface area is 115 Å². The number of aromatic nitrogens is 3. The first kappa shape index (κ1) is 13.1. The van der Waals surface area contributed by atoms with E-state index >= 15 is 0 Å². The molecule has 0 spiro atoms. The second-order valence-electron chi connectivity index (χ2n) is 6.15. The van der Waals surface area contributed by atoms with Gasteiger partial charge in [-0.1, -0.05) is 0 Å². The molecule has 3 rings (SSSR count). The Morgan fingerprint density at radius 3 is 2.68 bits per heavy atom. The zero-order chi connectivity index (χ0) is 13.2. The third-order valence-electron chi connectivity index (χ3n) is 4.60. The largest absolute Gasteiger partial charge is 0.315 e. The summed E-state index contributed by atoms with van der Waals surface area (Å²) in [4.78, 5) is 2.66. The third kappa shape index (κ3) is 2.67. The van der Waals surface area contributed by atoms with Crippen molar-refractivity contribution in [2.75, 3.05) is 26.2 Å². The van der Waals surface area contributed by atoms with Crippen molar-refractivity contribution in [2.24, 2.45) is 0 Å². The second kappa shape index (κ2) is 5.59. The highest BCUT2D eigenvalue weighted by Crippen LogP contribution is 2.29. The van der Waals surface area contributed by atoms with Crippen LogP contribution in [0.2, 0.25) is 0 Å². The average Bonchev–Trinajstić information content (AvgIpc) is 3.10. The van der Waals surface area contributed by atoms with Crippen LogP contribution in [0.15, 0.2) is 6.33 Å². The number of hydrogen-bond acceptors (Lipinski definition) is 4. The van der Waals surface area contributed by atoms with E-state index in [1.54, 1.807) is 0 Å². The van der Waals surface area contributed by atoms with Crippen molar-refractivity contribution in [1.29, 1.82) is 0 Å². The minimum atomic E-state index is 0.460. The standard InChI is InChI=1S/C14H25N5/c1-11(2)19-10-16-17-14(19)12-4-7-18(8-5-12)13-3-6-15-9-13/h10-13,15H,3-9H2,1-2H3. The van der Waals surface area contributed by atoms with Crippen molar-refractivity contribution in [3.05, 3.63) is 12.2 Å². The molecule has 2 aliphatic rings. The van der Waals surface area contributed by atoms with E-state index in [1.165, 1.54) is 51.3 Å². The van der Waals surface area contributed by atoms with E-state index in [0.29, 0.717) is 12.0 Å². The molecule has 0 aliphatic carbocycles. The zero-order valence-electron chi connectivity index (χ0n) is 12.0. The van der Waals surface area contributed by atoms with Gasteiger partial charge in [-0.15, -0.1) is 10.2 Å². The highest BCUT2D eigenvalue weighted by atomic mass is 15.3. The summed E-state index contributed by atoms with van der Waals surface area (Å²) in [6.07, 6.45) is 5.64. The molecule has 0 saturated carbocycles. The Hall–Kier alpha value is -0.940. The molecule has 1 aromatic heterocycles. The minimum Gasteiger partial charge on any atom is -0.315 e. The highest BCUT2D eigenvalue weighted by Gasteiger charge is 2.29. The van der Waals surface area contributed by atoms with E-state index in [9.17, 15) is 0 Å². The number of nitrogens with one attached hydrogen (secondary N) is 1. The molecule has 2 aliphatic heterocycles. The molecule has 1 atom stereocenters. The number of hydrogen-bond donors (Lipinski definition) is 1. The van der Waals surface area contributed by atoms with Gasteiger partial charge in [-0.2, -0.15) is 0 Å². The summed E-state index contributed by atoms with van der Waals surface area (Å²) in [6.45, 7) is 9.18. The molecule has 0 aromatic carbocycles. The van der Waals surface area contributed by atoms with Gasteiger partial charge in [0, 0.05) is 24.5 Å². The van der Waals surface area contributed by atoms with Gasteiger partial charge >= 0.3 is 0 Å². The lowest BCUT2D eigenvalue weighted by Gasteiger charge is -2.35. The molecular weight excluding hydrogens is 238 g/mol. The molecular formula is C14H25N5. The summed E-state index contributed by atoms with van der Waals surface area (Å²) < 4.78 is 2.23. The summed E-state index contributed by atoms with van der Waals surface area (Å²) in [5.74, 6) is 1.79. The lowest BCUT2D eigenvalue weighted by Crippen LogP contribution is -2.42. The Kier molecular flexibility index (Phi) is 3.84. The monoisotopic (exact) mass is 263 g/mol. The van der Waals surface area contributed by atoms with Crippen LogP contribution >= 0.6 is 0 Å². The summed E-state index contributed by atoms with van der Waals surface area (Å²) in [7, 11) is 0. The molecule has 3 heterocycles. The second-order valence-corrected chi connectivity index (χ2v) is 6.15. The van der Waals surface area contributed by atoms with Crippen LogP contribution in [0, 0.1) is 0 Å². The van der Waals surface area contributed by atoms with Crippen LogP contribution in [-0.4, -0.2) is 51.9 Å². The van der Waals surface area contributed by atoms with Crippen molar-refractivity contribution in [2.45, 2.75) is 51.1 Å². The first-order valence-electron chi connectivity index (χ1n) is 7.60. The zero-order valence-corrected chi connectivity index (χ0v) is 12.0. The Morgan fingerprint density at radius 1 is 1.26 bits per heavy atom. The smallest absolute Gasteiger partial charge is 0.136 e. The SMILES string of the molecule is CC(C)n1cnnc1C1CCN(C2CCNC2)CC1. The molecule has 1 unspecified atom stereocenters. The van der Waals surface area contributed by atoms with Crippen LogP contribution in [0.25, 0.3) is 0 Å². The molecule has 0 bridgehead atoms. The fraction of sp³-hybridized carbons (Fsp3) is 0.857. The first-order valence-corrected chi connectivity index (χ1v) is 7.60. The maximum Gasteiger partial charge on any atom is 0.136 e. The number of piperidine rings is 1. The van der Waals surface area contributed by atoms with Gasteiger partial charge in [-0.3, -0.25) is 4.90 Å². The summed E-state index contributed by atoms with van der Waals surface area (Å²) in [5.41, 5.74) is 0. The van der Waals surface area contributed by atoms with Gasteiger partial charge in [0.1, 0.15) is 12.2 Å². The normalized spacial score (nSPS) is 26.4. The van der Waals surface area contributed by atoms with Crippen LogP contribution in [0.4, 0.5) is 0 Å². The summed E-state index contributed by atoms with van der Waals surface area (Å²) >= 11 is 0. The summed E-state index contributed by atoms with van der Waals surface area (Å²) in [6, 6.07) is 1.23. The van der Waals surface area contributed by atoms with Crippen molar-refractivity contribution >= 4 is 0 Å². The minimum absolute atomic E-state index is 0.460. The van der Waals surface area contributed by atoms with Crippen molar-refractivity contribution in [3.63, 3.8) is 0 Å². The Morgan fingerprint density at radius 2 is 2.05 bits per heavy atom. The van der Waals surface area contributed by atoms with Gasteiger partial charge in [-0.05, 0) is 52.7 Å². The molecule has 106 valence electrons. The Balaban J connectivity index is 1.61. The van der Waals surface area contributed by atoms with E-state index in [-0.39, 0.29) is 0 Å². The van der Waals surface area contributed by atoms with Crippen molar-refractivity contribution in [1.82, 2.24) is 25.0 Å². The van der Waals surface area contributed by atoms with E-state index in [2.05, 4.69) is 38.8 Å². The predicted octanol–water partition coefficient (Wildman–Crippen LogP) is 1.40. The van der Waals surface area contributed by atoms with E-state index < -0.39 is 0 Å². The van der Waals surface area contributed by atoms with Crippen LogP contribution in [-0.2, 0) is 0 Å². The van der Waals surface area contributed by atoms with E-state index in [4.69, 9.17) is 0 Å². The fourth-order valence-corrected chi connectivity index (χ4v) is 3.42. The summed E-state index contributed by atoms with van der Waals surface area (Å²) in [5, 5.41) is 11.9.